The van der Waals surface area contributed by atoms with Gasteiger partial charge in [0.1, 0.15) is 18.3 Å². The van der Waals surface area contributed by atoms with E-state index in [9.17, 15) is 18.0 Å². The van der Waals surface area contributed by atoms with E-state index in [4.69, 9.17) is 27.9 Å². The third-order valence-electron chi connectivity index (χ3n) is 7.13. The van der Waals surface area contributed by atoms with Crippen LogP contribution in [0.2, 0.25) is 10.0 Å². The quantitative estimate of drug-likeness (QED) is 0.178. The second-order valence-corrected chi connectivity index (χ2v) is 14.4. The molecule has 2 amide bonds. The molecular weight excluding hydrogens is 645 g/mol. The third kappa shape index (κ3) is 8.81. The summed E-state index contributed by atoms with van der Waals surface area (Å²) in [6, 6.07) is 27.5. The van der Waals surface area contributed by atoms with Crippen LogP contribution in [0, 0.1) is 0 Å². The van der Waals surface area contributed by atoms with Crippen molar-refractivity contribution in [1.82, 2.24) is 10.2 Å². The molecule has 1 atom stereocenters. The van der Waals surface area contributed by atoms with Gasteiger partial charge < -0.3 is 15.0 Å². The molecule has 0 aliphatic rings. The number of anilines is 1. The summed E-state index contributed by atoms with van der Waals surface area (Å²) in [5, 5.41) is 3.62. The first-order valence-electron chi connectivity index (χ1n) is 14.6. The molecule has 242 valence electrons. The zero-order valence-corrected chi connectivity index (χ0v) is 28.4. The summed E-state index contributed by atoms with van der Waals surface area (Å²) >= 11 is 13.1. The summed E-state index contributed by atoms with van der Waals surface area (Å²) in [6.07, 6.45) is 0.160. The zero-order chi connectivity index (χ0) is 33.5. The van der Waals surface area contributed by atoms with Gasteiger partial charge in [-0.1, -0.05) is 77.8 Å². The van der Waals surface area contributed by atoms with Gasteiger partial charge in [0.25, 0.3) is 10.0 Å². The van der Waals surface area contributed by atoms with Gasteiger partial charge in [-0.25, -0.2) is 8.42 Å². The maximum Gasteiger partial charge on any atom is 0.264 e. The van der Waals surface area contributed by atoms with Crippen LogP contribution in [0.25, 0.3) is 0 Å². The number of hydrogen-bond donors (Lipinski definition) is 1. The molecule has 0 saturated heterocycles. The van der Waals surface area contributed by atoms with E-state index in [1.807, 2.05) is 51.1 Å². The minimum absolute atomic E-state index is 0.0306. The molecule has 4 aromatic carbocycles. The third-order valence-corrected chi connectivity index (χ3v) is 9.63. The number of para-hydroxylation sites is 1. The predicted octanol–water partition coefficient (Wildman–Crippen LogP) is 6.75. The van der Waals surface area contributed by atoms with E-state index in [0.29, 0.717) is 21.4 Å². The minimum Gasteiger partial charge on any atom is -0.497 e. The van der Waals surface area contributed by atoms with Gasteiger partial charge in [0.15, 0.2) is 0 Å². The Hall–Kier alpha value is -4.05. The van der Waals surface area contributed by atoms with Crippen molar-refractivity contribution >= 4 is 50.7 Å². The molecule has 4 rings (SSSR count). The van der Waals surface area contributed by atoms with E-state index >= 15 is 0 Å². The summed E-state index contributed by atoms with van der Waals surface area (Å²) in [5.41, 5.74) is 0.910. The number of carbonyl (C=O) groups excluding carboxylic acids is 2. The molecule has 0 bridgehead atoms. The first-order valence-corrected chi connectivity index (χ1v) is 16.8. The lowest BCUT2D eigenvalue weighted by atomic mass is 10.0. The molecule has 0 aliphatic heterocycles. The number of sulfonamides is 1. The molecule has 0 radical (unpaired) electrons. The van der Waals surface area contributed by atoms with Crippen molar-refractivity contribution in [3.63, 3.8) is 0 Å². The maximum absolute atomic E-state index is 14.6. The van der Waals surface area contributed by atoms with Crippen molar-refractivity contribution in [1.29, 1.82) is 0 Å². The minimum atomic E-state index is -4.25. The Morgan fingerprint density at radius 3 is 1.93 bits per heavy atom. The number of nitrogens with zero attached hydrogens (tertiary/aromatic N) is 2. The SMILES string of the molecule is COc1ccc(S(=O)(=O)N(CC(=O)N(Cc2c(Cl)cccc2Cl)[C@@H](Cc2ccccc2)C(=O)NC(C)(C)C)c2ccccc2)cc1. The molecule has 4 aromatic rings. The number of rotatable bonds is 12. The molecule has 0 spiro atoms. The van der Waals surface area contributed by atoms with Crippen molar-refractivity contribution in [2.75, 3.05) is 18.0 Å². The standard InChI is InChI=1S/C35H37Cl2N3O5S/c1-35(2,3)38-34(42)32(22-25-12-7-5-8-13-25)39(23-29-30(36)16-11-17-31(29)37)33(41)24-40(26-14-9-6-10-15-26)46(43,44)28-20-18-27(45-4)19-21-28/h5-21,32H,22-24H2,1-4H3,(H,38,42)/t32-/m0/s1. The Morgan fingerprint density at radius 2 is 1.39 bits per heavy atom. The predicted molar refractivity (Wildman–Crippen MR) is 183 cm³/mol. The summed E-state index contributed by atoms with van der Waals surface area (Å²) in [6.45, 7) is 4.80. The highest BCUT2D eigenvalue weighted by molar-refractivity contribution is 7.92. The Kier molecular flexibility index (Phi) is 11.4. The molecule has 0 heterocycles. The van der Waals surface area contributed by atoms with E-state index in [2.05, 4.69) is 5.32 Å². The van der Waals surface area contributed by atoms with Crippen LogP contribution in [0.15, 0.2) is 108 Å². The van der Waals surface area contributed by atoms with E-state index in [0.717, 1.165) is 9.87 Å². The number of carbonyl (C=O) groups is 2. The number of benzene rings is 4. The van der Waals surface area contributed by atoms with Gasteiger partial charge in [0.2, 0.25) is 11.8 Å². The summed E-state index contributed by atoms with van der Waals surface area (Å²) in [4.78, 5) is 29.9. The Balaban J connectivity index is 1.83. The van der Waals surface area contributed by atoms with Crippen LogP contribution in [-0.4, -0.2) is 50.4 Å². The van der Waals surface area contributed by atoms with Crippen molar-refractivity contribution in [3.05, 3.63) is 124 Å². The monoisotopic (exact) mass is 681 g/mol. The average molecular weight is 683 g/mol. The highest BCUT2D eigenvalue weighted by Crippen LogP contribution is 2.29. The molecule has 0 aromatic heterocycles. The molecule has 0 saturated carbocycles. The van der Waals surface area contributed by atoms with Crippen molar-refractivity contribution in [3.8, 4) is 5.75 Å². The van der Waals surface area contributed by atoms with Crippen LogP contribution in [0.4, 0.5) is 5.69 Å². The Labute approximate surface area is 280 Å². The molecule has 11 heteroatoms. The molecular formula is C35H37Cl2N3O5S. The van der Waals surface area contributed by atoms with Crippen LogP contribution in [-0.2, 0) is 32.6 Å². The lowest BCUT2D eigenvalue weighted by molar-refractivity contribution is -0.140. The number of amides is 2. The fourth-order valence-electron chi connectivity index (χ4n) is 4.86. The highest BCUT2D eigenvalue weighted by Gasteiger charge is 2.36. The summed E-state index contributed by atoms with van der Waals surface area (Å²) in [5.74, 6) is -0.545. The van der Waals surface area contributed by atoms with E-state index in [1.165, 1.54) is 36.3 Å². The van der Waals surface area contributed by atoms with Gasteiger partial charge in [0, 0.05) is 34.1 Å². The number of hydrogen-bond acceptors (Lipinski definition) is 5. The molecule has 0 fully saturated rings. The highest BCUT2D eigenvalue weighted by atomic mass is 35.5. The molecule has 1 N–H and O–H groups in total. The van der Waals surface area contributed by atoms with Gasteiger partial charge >= 0.3 is 0 Å². The fraction of sp³-hybridized carbons (Fsp3) is 0.257. The number of methoxy groups -OCH3 is 1. The molecule has 0 unspecified atom stereocenters. The molecule has 0 aliphatic carbocycles. The molecule has 8 nitrogen and oxygen atoms in total. The number of nitrogens with one attached hydrogen (secondary N) is 1. The van der Waals surface area contributed by atoms with E-state index in [-0.39, 0.29) is 23.5 Å². The van der Waals surface area contributed by atoms with Crippen LogP contribution < -0.4 is 14.4 Å². The van der Waals surface area contributed by atoms with Gasteiger partial charge in [-0.2, -0.15) is 0 Å². The van der Waals surface area contributed by atoms with Crippen LogP contribution >= 0.6 is 23.2 Å². The number of halogens is 2. The average Bonchev–Trinajstić information content (AvgIpc) is 3.02. The van der Waals surface area contributed by atoms with E-state index in [1.54, 1.807) is 48.5 Å². The first kappa shape index (κ1) is 34.8. The smallest absolute Gasteiger partial charge is 0.264 e. The van der Waals surface area contributed by atoms with Crippen molar-refractivity contribution < 1.29 is 22.7 Å². The Morgan fingerprint density at radius 1 is 0.826 bits per heavy atom. The summed E-state index contributed by atoms with van der Waals surface area (Å²) < 4.78 is 34.5. The van der Waals surface area contributed by atoms with Crippen molar-refractivity contribution in [2.24, 2.45) is 0 Å². The lowest BCUT2D eigenvalue weighted by Gasteiger charge is -2.35. The van der Waals surface area contributed by atoms with Gasteiger partial charge in [-0.15, -0.1) is 0 Å². The van der Waals surface area contributed by atoms with Gasteiger partial charge in [-0.05, 0) is 74.9 Å². The van der Waals surface area contributed by atoms with Crippen LogP contribution in [0.1, 0.15) is 31.9 Å². The first-order chi connectivity index (χ1) is 21.8. The maximum atomic E-state index is 14.6. The zero-order valence-electron chi connectivity index (χ0n) is 26.1. The van der Waals surface area contributed by atoms with Crippen LogP contribution in [0.5, 0.6) is 5.75 Å². The van der Waals surface area contributed by atoms with Crippen LogP contribution in [0.3, 0.4) is 0 Å². The summed E-state index contributed by atoms with van der Waals surface area (Å²) in [7, 11) is -2.77. The molecule has 46 heavy (non-hydrogen) atoms. The normalized spacial score (nSPS) is 12.2. The Bertz CT molecular complexity index is 1730. The van der Waals surface area contributed by atoms with E-state index < -0.39 is 40.0 Å². The second kappa shape index (κ2) is 15.0. The largest absolute Gasteiger partial charge is 0.497 e. The van der Waals surface area contributed by atoms with Gasteiger partial charge in [-0.3, -0.25) is 13.9 Å². The topological polar surface area (TPSA) is 96.0 Å². The second-order valence-electron chi connectivity index (χ2n) is 11.7. The van der Waals surface area contributed by atoms with Gasteiger partial charge in [0.05, 0.1) is 17.7 Å². The fourth-order valence-corrected chi connectivity index (χ4v) is 6.79. The number of ether oxygens (including phenoxy) is 1. The lowest BCUT2D eigenvalue weighted by Crippen LogP contribution is -2.56. The van der Waals surface area contributed by atoms with Crippen molar-refractivity contribution in [2.45, 2.75) is 50.2 Å².